The number of ether oxygens (including phenoxy) is 1. The minimum atomic E-state index is 0.00753. The van der Waals surface area contributed by atoms with Crippen LogP contribution in [0.2, 0.25) is 0 Å². The summed E-state index contributed by atoms with van der Waals surface area (Å²) in [5.74, 6) is 1.27. The van der Waals surface area contributed by atoms with E-state index in [-0.39, 0.29) is 17.9 Å². The van der Waals surface area contributed by atoms with E-state index in [1.54, 1.807) is 0 Å². The molecule has 2 aromatic rings. The van der Waals surface area contributed by atoms with Gasteiger partial charge in [-0.1, -0.05) is 36.4 Å². The van der Waals surface area contributed by atoms with Crippen molar-refractivity contribution in [1.82, 2.24) is 4.90 Å². The zero-order chi connectivity index (χ0) is 18.5. The maximum atomic E-state index is 12.5. The molecule has 0 aliphatic carbocycles. The molecule has 3 rings (SSSR count). The van der Waals surface area contributed by atoms with Gasteiger partial charge in [-0.3, -0.25) is 4.79 Å². The SMILES string of the molecule is Cc1ccc(OCCCC(=O)N2C[C@@H](N)[C@H](c3ccccc3)C2)cc1C. The molecule has 0 spiro atoms. The van der Waals surface area contributed by atoms with Gasteiger partial charge in [0.25, 0.3) is 0 Å². The number of nitrogens with two attached hydrogens (primary N) is 1. The molecule has 0 radical (unpaired) electrons. The van der Waals surface area contributed by atoms with Crippen LogP contribution in [0.1, 0.15) is 35.4 Å². The van der Waals surface area contributed by atoms with Gasteiger partial charge in [0.05, 0.1) is 6.61 Å². The smallest absolute Gasteiger partial charge is 0.222 e. The lowest BCUT2D eigenvalue weighted by Gasteiger charge is -2.16. The molecule has 26 heavy (non-hydrogen) atoms. The average molecular weight is 352 g/mol. The summed E-state index contributed by atoms with van der Waals surface area (Å²) < 4.78 is 5.77. The van der Waals surface area contributed by atoms with E-state index in [1.807, 2.05) is 35.2 Å². The number of likely N-dealkylation sites (tertiary alicyclic amines) is 1. The molecule has 2 N–H and O–H groups in total. The molecular weight excluding hydrogens is 324 g/mol. The van der Waals surface area contributed by atoms with Crippen LogP contribution in [0, 0.1) is 13.8 Å². The number of carbonyl (C=O) groups excluding carboxylic acids is 1. The quantitative estimate of drug-likeness (QED) is 0.811. The van der Waals surface area contributed by atoms with Crippen molar-refractivity contribution in [3.05, 3.63) is 65.2 Å². The second kappa shape index (κ2) is 8.37. The highest BCUT2D eigenvalue weighted by molar-refractivity contribution is 5.76. The number of nitrogens with zero attached hydrogens (tertiary/aromatic N) is 1. The molecule has 4 heteroatoms. The largest absolute Gasteiger partial charge is 0.494 e. The van der Waals surface area contributed by atoms with Gasteiger partial charge in [-0.15, -0.1) is 0 Å². The number of benzene rings is 2. The van der Waals surface area contributed by atoms with Crippen molar-refractivity contribution < 1.29 is 9.53 Å². The lowest BCUT2D eigenvalue weighted by Crippen LogP contribution is -2.32. The normalized spacial score (nSPS) is 19.6. The summed E-state index contributed by atoms with van der Waals surface area (Å²) >= 11 is 0. The molecule has 138 valence electrons. The fraction of sp³-hybridized carbons (Fsp3) is 0.409. The molecule has 2 aromatic carbocycles. The monoisotopic (exact) mass is 352 g/mol. The highest BCUT2D eigenvalue weighted by Crippen LogP contribution is 2.26. The number of carbonyl (C=O) groups is 1. The van der Waals surface area contributed by atoms with Gasteiger partial charge in [0.1, 0.15) is 5.75 Å². The van der Waals surface area contributed by atoms with Crippen molar-refractivity contribution in [2.45, 2.75) is 38.6 Å². The molecule has 1 aliphatic rings. The van der Waals surface area contributed by atoms with Crippen LogP contribution in [0.15, 0.2) is 48.5 Å². The summed E-state index contributed by atoms with van der Waals surface area (Å²) in [4.78, 5) is 14.4. The first-order chi connectivity index (χ1) is 12.5. The van der Waals surface area contributed by atoms with Crippen LogP contribution in [0.3, 0.4) is 0 Å². The lowest BCUT2D eigenvalue weighted by atomic mass is 9.95. The van der Waals surface area contributed by atoms with E-state index in [4.69, 9.17) is 10.5 Å². The van der Waals surface area contributed by atoms with Crippen LogP contribution in [-0.2, 0) is 4.79 Å². The topological polar surface area (TPSA) is 55.6 Å². The third kappa shape index (κ3) is 4.44. The van der Waals surface area contributed by atoms with Crippen molar-refractivity contribution in [2.75, 3.05) is 19.7 Å². The summed E-state index contributed by atoms with van der Waals surface area (Å²) in [6, 6.07) is 16.3. The van der Waals surface area contributed by atoms with E-state index in [2.05, 4.69) is 32.0 Å². The van der Waals surface area contributed by atoms with E-state index < -0.39 is 0 Å². The first kappa shape index (κ1) is 18.5. The van der Waals surface area contributed by atoms with Crippen LogP contribution >= 0.6 is 0 Å². The Bertz CT molecular complexity index is 745. The van der Waals surface area contributed by atoms with Crippen LogP contribution in [0.25, 0.3) is 0 Å². The molecule has 1 amide bonds. The van der Waals surface area contributed by atoms with Gasteiger partial charge in [0.15, 0.2) is 0 Å². The molecule has 4 nitrogen and oxygen atoms in total. The number of hydrogen-bond acceptors (Lipinski definition) is 3. The van der Waals surface area contributed by atoms with E-state index in [1.165, 1.54) is 16.7 Å². The summed E-state index contributed by atoms with van der Waals surface area (Å²) in [6.07, 6.45) is 1.21. The first-order valence-electron chi connectivity index (χ1n) is 9.33. The Labute approximate surface area is 156 Å². The number of amides is 1. The predicted molar refractivity (Wildman–Crippen MR) is 104 cm³/mol. The molecule has 0 unspecified atom stereocenters. The zero-order valence-electron chi connectivity index (χ0n) is 15.7. The number of rotatable bonds is 6. The first-order valence-corrected chi connectivity index (χ1v) is 9.33. The Morgan fingerprint density at radius 3 is 2.62 bits per heavy atom. The number of hydrogen-bond donors (Lipinski definition) is 1. The van der Waals surface area contributed by atoms with Gasteiger partial charge in [-0.05, 0) is 49.1 Å². The van der Waals surface area contributed by atoms with Crippen molar-refractivity contribution >= 4 is 5.91 Å². The maximum Gasteiger partial charge on any atom is 0.222 e. The minimum Gasteiger partial charge on any atom is -0.494 e. The molecule has 0 bridgehead atoms. The molecule has 2 atom stereocenters. The Balaban J connectivity index is 1.44. The Kier molecular flexibility index (Phi) is 5.94. The molecule has 1 heterocycles. The van der Waals surface area contributed by atoms with Crippen LogP contribution in [-0.4, -0.2) is 36.5 Å². The summed E-state index contributed by atoms with van der Waals surface area (Å²) in [7, 11) is 0. The minimum absolute atomic E-state index is 0.00753. The molecule has 0 aromatic heterocycles. The van der Waals surface area contributed by atoms with Gasteiger partial charge in [0.2, 0.25) is 5.91 Å². The Morgan fingerprint density at radius 2 is 1.88 bits per heavy atom. The Hall–Kier alpha value is -2.33. The van der Waals surface area contributed by atoms with E-state index in [9.17, 15) is 4.79 Å². The molecule has 1 aliphatic heterocycles. The summed E-state index contributed by atoms with van der Waals surface area (Å²) in [5, 5.41) is 0. The van der Waals surface area contributed by atoms with Gasteiger partial charge < -0.3 is 15.4 Å². The van der Waals surface area contributed by atoms with Gasteiger partial charge >= 0.3 is 0 Å². The maximum absolute atomic E-state index is 12.5. The van der Waals surface area contributed by atoms with Crippen molar-refractivity contribution in [3.63, 3.8) is 0 Å². The summed E-state index contributed by atoms with van der Waals surface area (Å²) in [5.41, 5.74) is 9.97. The van der Waals surface area contributed by atoms with E-state index in [0.29, 0.717) is 32.5 Å². The van der Waals surface area contributed by atoms with Crippen molar-refractivity contribution in [1.29, 1.82) is 0 Å². The highest BCUT2D eigenvalue weighted by Gasteiger charge is 2.33. The van der Waals surface area contributed by atoms with Gasteiger partial charge in [-0.2, -0.15) is 0 Å². The lowest BCUT2D eigenvalue weighted by molar-refractivity contribution is -0.130. The fourth-order valence-electron chi connectivity index (χ4n) is 3.46. The Morgan fingerprint density at radius 1 is 1.12 bits per heavy atom. The third-order valence-electron chi connectivity index (χ3n) is 5.23. The van der Waals surface area contributed by atoms with E-state index in [0.717, 1.165) is 5.75 Å². The number of aryl methyl sites for hydroxylation is 2. The van der Waals surface area contributed by atoms with Crippen LogP contribution in [0.5, 0.6) is 5.75 Å². The third-order valence-corrected chi connectivity index (χ3v) is 5.23. The second-order valence-corrected chi connectivity index (χ2v) is 7.18. The van der Waals surface area contributed by atoms with Crippen molar-refractivity contribution in [2.24, 2.45) is 5.73 Å². The molecule has 1 saturated heterocycles. The van der Waals surface area contributed by atoms with Crippen LogP contribution < -0.4 is 10.5 Å². The van der Waals surface area contributed by atoms with Crippen LogP contribution in [0.4, 0.5) is 0 Å². The highest BCUT2D eigenvalue weighted by atomic mass is 16.5. The van der Waals surface area contributed by atoms with E-state index >= 15 is 0 Å². The molecule has 0 saturated carbocycles. The van der Waals surface area contributed by atoms with Gasteiger partial charge in [-0.25, -0.2) is 0 Å². The second-order valence-electron chi connectivity index (χ2n) is 7.18. The van der Waals surface area contributed by atoms with Crippen molar-refractivity contribution in [3.8, 4) is 5.75 Å². The standard InChI is InChI=1S/C22H28N2O2/c1-16-10-11-19(13-17(16)2)26-12-6-9-22(25)24-14-20(21(23)15-24)18-7-4-3-5-8-18/h3-5,7-8,10-11,13,20-21H,6,9,12,14-15,23H2,1-2H3/t20-,21+/m0/s1. The van der Waals surface area contributed by atoms with Gasteiger partial charge in [0, 0.05) is 31.5 Å². The molecular formula is C22H28N2O2. The zero-order valence-corrected chi connectivity index (χ0v) is 15.7. The molecule has 1 fully saturated rings. The average Bonchev–Trinajstić information content (AvgIpc) is 3.04. The summed E-state index contributed by atoms with van der Waals surface area (Å²) in [6.45, 7) is 6.06. The fourth-order valence-corrected chi connectivity index (χ4v) is 3.46. The predicted octanol–water partition coefficient (Wildman–Crippen LogP) is 3.42.